The summed E-state index contributed by atoms with van der Waals surface area (Å²) in [5, 5.41) is 0. The van der Waals surface area contributed by atoms with Crippen molar-refractivity contribution in [2.24, 2.45) is 0 Å². The van der Waals surface area contributed by atoms with Crippen LogP contribution >= 0.6 is 15.9 Å². The third-order valence-corrected chi connectivity index (χ3v) is 3.70. The van der Waals surface area contributed by atoms with Crippen LogP contribution in [0.15, 0.2) is 53.3 Å². The summed E-state index contributed by atoms with van der Waals surface area (Å²) < 4.78 is 7.99. The summed E-state index contributed by atoms with van der Waals surface area (Å²) in [5.41, 5.74) is 3.05. The van der Waals surface area contributed by atoms with Crippen molar-refractivity contribution in [1.82, 2.24) is 9.38 Å². The minimum Gasteiger partial charge on any atom is -0.462 e. The van der Waals surface area contributed by atoms with Crippen LogP contribution in [-0.4, -0.2) is 22.0 Å². The topological polar surface area (TPSA) is 43.6 Å². The number of carbonyl (C=O) groups excluding carboxylic acids is 1. The van der Waals surface area contributed by atoms with E-state index in [1.165, 1.54) is 0 Å². The van der Waals surface area contributed by atoms with Gasteiger partial charge < -0.3 is 4.74 Å². The zero-order valence-electron chi connectivity index (χ0n) is 11.4. The third-order valence-electron chi connectivity index (χ3n) is 3.17. The number of fused-ring (bicyclic) bond motifs is 1. The molecule has 0 atom stereocenters. The lowest BCUT2D eigenvalue weighted by molar-refractivity contribution is 0.0528. The van der Waals surface area contributed by atoms with Gasteiger partial charge in [0, 0.05) is 16.2 Å². The summed E-state index contributed by atoms with van der Waals surface area (Å²) in [6, 6.07) is 11.5. The van der Waals surface area contributed by atoms with E-state index in [0.717, 1.165) is 15.7 Å². The molecule has 4 nitrogen and oxygen atoms in total. The van der Waals surface area contributed by atoms with Gasteiger partial charge in [-0.15, -0.1) is 0 Å². The Morgan fingerprint density at radius 3 is 2.76 bits per heavy atom. The number of ether oxygens (including phenoxy) is 1. The number of pyridine rings is 1. The largest absolute Gasteiger partial charge is 0.462 e. The van der Waals surface area contributed by atoms with Crippen LogP contribution in [0.5, 0.6) is 0 Å². The Balaban J connectivity index is 2.13. The minimum atomic E-state index is -0.351. The zero-order chi connectivity index (χ0) is 14.8. The Morgan fingerprint density at radius 2 is 2.05 bits per heavy atom. The normalized spacial score (nSPS) is 10.8. The number of esters is 1. The Hall–Kier alpha value is -2.14. The first-order chi connectivity index (χ1) is 10.2. The second-order valence-corrected chi connectivity index (χ2v) is 5.40. The highest BCUT2D eigenvalue weighted by Crippen LogP contribution is 2.24. The molecule has 0 unspecified atom stereocenters. The molecule has 0 radical (unpaired) electrons. The van der Waals surface area contributed by atoms with Gasteiger partial charge in [-0.05, 0) is 31.2 Å². The van der Waals surface area contributed by atoms with Gasteiger partial charge in [-0.2, -0.15) is 0 Å². The molecule has 0 aliphatic heterocycles. The van der Waals surface area contributed by atoms with Crippen molar-refractivity contribution in [3.05, 3.63) is 58.8 Å². The van der Waals surface area contributed by atoms with Crippen LogP contribution in [0.2, 0.25) is 0 Å². The molecule has 2 aromatic heterocycles. The van der Waals surface area contributed by atoms with Crippen molar-refractivity contribution >= 4 is 27.5 Å². The maximum atomic E-state index is 12.0. The van der Waals surface area contributed by atoms with Gasteiger partial charge in [0.2, 0.25) is 0 Å². The number of benzene rings is 1. The Bertz CT molecular complexity index is 794. The minimum absolute atomic E-state index is 0.347. The van der Waals surface area contributed by atoms with Gasteiger partial charge in [-0.1, -0.05) is 28.1 Å². The summed E-state index contributed by atoms with van der Waals surface area (Å²) in [4.78, 5) is 16.3. The van der Waals surface area contributed by atoms with Gasteiger partial charge in [-0.25, -0.2) is 9.78 Å². The van der Waals surface area contributed by atoms with Crippen LogP contribution in [0.1, 0.15) is 17.3 Å². The summed E-state index contributed by atoms with van der Waals surface area (Å²) in [6.45, 7) is 2.14. The number of imidazole rings is 1. The van der Waals surface area contributed by atoms with Gasteiger partial charge in [0.1, 0.15) is 5.56 Å². The Kier molecular flexibility index (Phi) is 3.75. The Labute approximate surface area is 130 Å². The summed E-state index contributed by atoms with van der Waals surface area (Å²) in [6.07, 6.45) is 3.66. The van der Waals surface area contributed by atoms with Gasteiger partial charge in [0.05, 0.1) is 18.5 Å². The smallest absolute Gasteiger partial charge is 0.341 e. The first-order valence-electron chi connectivity index (χ1n) is 6.60. The molecule has 0 saturated heterocycles. The molecule has 0 aliphatic carbocycles. The monoisotopic (exact) mass is 344 g/mol. The molecule has 0 bridgehead atoms. The molecule has 0 fully saturated rings. The van der Waals surface area contributed by atoms with E-state index < -0.39 is 0 Å². The van der Waals surface area contributed by atoms with Gasteiger partial charge in [0.15, 0.2) is 5.65 Å². The maximum Gasteiger partial charge on any atom is 0.341 e. The standard InChI is InChI=1S/C16H13BrN2O2/c1-2-21-16(20)13-4-3-9-19-14(10-18-15(13)19)11-5-7-12(17)8-6-11/h3-10H,2H2,1H3. The molecule has 1 aromatic carbocycles. The molecular formula is C16H13BrN2O2. The molecule has 0 N–H and O–H groups in total. The van der Waals surface area contributed by atoms with Crippen molar-refractivity contribution < 1.29 is 9.53 Å². The SMILES string of the molecule is CCOC(=O)c1cccn2c(-c3ccc(Br)cc3)cnc12. The number of hydrogen-bond donors (Lipinski definition) is 0. The average molecular weight is 345 g/mol. The lowest BCUT2D eigenvalue weighted by Gasteiger charge is -2.05. The first-order valence-corrected chi connectivity index (χ1v) is 7.39. The van der Waals surface area contributed by atoms with Crippen LogP contribution in [0.25, 0.3) is 16.9 Å². The highest BCUT2D eigenvalue weighted by Gasteiger charge is 2.15. The quantitative estimate of drug-likeness (QED) is 0.676. The number of nitrogens with zero attached hydrogens (tertiary/aromatic N) is 2. The molecule has 2 heterocycles. The van der Waals surface area contributed by atoms with Gasteiger partial charge >= 0.3 is 5.97 Å². The highest BCUT2D eigenvalue weighted by atomic mass is 79.9. The van der Waals surface area contributed by atoms with Crippen LogP contribution < -0.4 is 0 Å². The van der Waals surface area contributed by atoms with E-state index in [0.29, 0.717) is 17.8 Å². The van der Waals surface area contributed by atoms with E-state index in [1.807, 2.05) is 40.9 Å². The molecule has 3 aromatic rings. The fourth-order valence-electron chi connectivity index (χ4n) is 2.21. The maximum absolute atomic E-state index is 12.0. The van der Waals surface area contributed by atoms with Crippen molar-refractivity contribution in [2.75, 3.05) is 6.61 Å². The van der Waals surface area contributed by atoms with E-state index in [2.05, 4.69) is 20.9 Å². The van der Waals surface area contributed by atoms with E-state index in [9.17, 15) is 4.79 Å². The number of carbonyl (C=O) groups is 1. The number of rotatable bonds is 3. The molecule has 0 spiro atoms. The summed E-state index contributed by atoms with van der Waals surface area (Å²) in [7, 11) is 0. The van der Waals surface area contributed by atoms with Gasteiger partial charge in [-0.3, -0.25) is 4.40 Å². The predicted octanol–water partition coefficient (Wildman–Crippen LogP) is 3.94. The highest BCUT2D eigenvalue weighted by molar-refractivity contribution is 9.10. The average Bonchev–Trinajstić information content (AvgIpc) is 2.92. The van der Waals surface area contributed by atoms with Crippen LogP contribution in [0.4, 0.5) is 0 Å². The Morgan fingerprint density at radius 1 is 1.29 bits per heavy atom. The molecule has 3 rings (SSSR count). The fraction of sp³-hybridized carbons (Fsp3) is 0.125. The summed E-state index contributed by atoms with van der Waals surface area (Å²) >= 11 is 3.42. The van der Waals surface area contributed by atoms with E-state index >= 15 is 0 Å². The third kappa shape index (κ3) is 2.56. The molecule has 0 aliphatic rings. The molecule has 106 valence electrons. The van der Waals surface area contributed by atoms with E-state index in [1.54, 1.807) is 19.2 Å². The lowest BCUT2D eigenvalue weighted by Crippen LogP contribution is -2.07. The van der Waals surface area contributed by atoms with Crippen LogP contribution in [0, 0.1) is 0 Å². The number of halogens is 1. The van der Waals surface area contributed by atoms with Crippen molar-refractivity contribution in [2.45, 2.75) is 6.92 Å². The molecule has 0 saturated carbocycles. The van der Waals surface area contributed by atoms with Gasteiger partial charge in [0.25, 0.3) is 0 Å². The summed E-state index contributed by atoms with van der Waals surface area (Å²) in [5.74, 6) is -0.351. The zero-order valence-corrected chi connectivity index (χ0v) is 13.0. The molecule has 0 amide bonds. The van der Waals surface area contributed by atoms with Crippen LogP contribution in [0.3, 0.4) is 0 Å². The first kappa shape index (κ1) is 13.8. The van der Waals surface area contributed by atoms with E-state index in [-0.39, 0.29) is 5.97 Å². The molecular weight excluding hydrogens is 332 g/mol. The second kappa shape index (κ2) is 5.69. The predicted molar refractivity (Wildman–Crippen MR) is 84.3 cm³/mol. The number of hydrogen-bond acceptors (Lipinski definition) is 3. The molecule has 5 heteroatoms. The van der Waals surface area contributed by atoms with E-state index in [4.69, 9.17) is 4.74 Å². The van der Waals surface area contributed by atoms with Crippen molar-refractivity contribution in [3.63, 3.8) is 0 Å². The molecule has 21 heavy (non-hydrogen) atoms. The number of aromatic nitrogens is 2. The second-order valence-electron chi connectivity index (χ2n) is 4.49. The lowest BCUT2D eigenvalue weighted by atomic mass is 10.2. The fourth-order valence-corrected chi connectivity index (χ4v) is 2.48. The van der Waals surface area contributed by atoms with Crippen molar-refractivity contribution in [3.8, 4) is 11.3 Å². The van der Waals surface area contributed by atoms with Crippen LogP contribution in [-0.2, 0) is 4.74 Å². The van der Waals surface area contributed by atoms with Crippen molar-refractivity contribution in [1.29, 1.82) is 0 Å².